The molecule has 1 aromatic heterocycles. The molecule has 11 heteroatoms. The molecule has 1 aliphatic rings. The van der Waals surface area contributed by atoms with Crippen molar-refractivity contribution in [1.82, 2.24) is 18.0 Å². The largest absolute Gasteiger partial charge is 0.336 e. The third-order valence-corrected chi connectivity index (χ3v) is 7.03. The van der Waals surface area contributed by atoms with Crippen LogP contribution in [0.3, 0.4) is 0 Å². The highest BCUT2D eigenvalue weighted by Crippen LogP contribution is 2.25. The minimum atomic E-state index is -3.79. The van der Waals surface area contributed by atoms with E-state index in [-0.39, 0.29) is 36.6 Å². The van der Waals surface area contributed by atoms with E-state index in [2.05, 4.69) is 8.75 Å². The molecule has 1 saturated heterocycles. The van der Waals surface area contributed by atoms with Gasteiger partial charge in [-0.15, -0.1) is 0 Å². The van der Waals surface area contributed by atoms with Gasteiger partial charge in [0, 0.05) is 31.7 Å². The van der Waals surface area contributed by atoms with Gasteiger partial charge in [-0.25, -0.2) is 17.2 Å². The van der Waals surface area contributed by atoms with Gasteiger partial charge in [-0.1, -0.05) is 6.07 Å². The molecule has 0 bridgehead atoms. The molecule has 0 unspecified atom stereocenters. The first-order valence-electron chi connectivity index (χ1n) is 8.34. The highest BCUT2D eigenvalue weighted by molar-refractivity contribution is 7.89. The Kier molecular flexibility index (Phi) is 4.81. The summed E-state index contributed by atoms with van der Waals surface area (Å²) in [7, 11) is -3.79. The minimum absolute atomic E-state index is 0.0218. The Morgan fingerprint density at radius 2 is 1.75 bits per heavy atom. The van der Waals surface area contributed by atoms with E-state index in [1.54, 1.807) is 12.1 Å². The summed E-state index contributed by atoms with van der Waals surface area (Å²) in [6, 6.07) is 7.73. The summed E-state index contributed by atoms with van der Waals surface area (Å²) in [5.74, 6) is -2.60. The van der Waals surface area contributed by atoms with Crippen LogP contribution in [0, 0.1) is 11.6 Å². The number of amides is 1. The summed E-state index contributed by atoms with van der Waals surface area (Å²) in [5.41, 5.74) is 0.861. The Hall–Kier alpha value is -2.50. The van der Waals surface area contributed by atoms with Crippen molar-refractivity contribution in [2.75, 3.05) is 26.2 Å². The summed E-state index contributed by atoms with van der Waals surface area (Å²) < 4.78 is 61.8. The predicted molar refractivity (Wildman–Crippen MR) is 98.4 cm³/mol. The van der Waals surface area contributed by atoms with Crippen LogP contribution in [0.15, 0.2) is 41.3 Å². The van der Waals surface area contributed by atoms with Crippen LogP contribution < -0.4 is 0 Å². The fourth-order valence-electron chi connectivity index (χ4n) is 3.07. The Labute approximate surface area is 163 Å². The van der Waals surface area contributed by atoms with Crippen LogP contribution in [0.4, 0.5) is 8.78 Å². The molecular weight excluding hydrogens is 410 g/mol. The molecule has 0 aliphatic carbocycles. The molecule has 0 N–H and O–H groups in total. The fourth-order valence-corrected chi connectivity index (χ4v) is 5.25. The molecule has 1 fully saturated rings. The zero-order valence-electron chi connectivity index (χ0n) is 14.4. The Bertz CT molecular complexity index is 1160. The molecule has 0 radical (unpaired) electrons. The summed E-state index contributed by atoms with van der Waals surface area (Å²) in [4.78, 5) is 14.0. The molecule has 146 valence electrons. The van der Waals surface area contributed by atoms with Crippen molar-refractivity contribution >= 4 is 38.7 Å². The quantitative estimate of drug-likeness (QED) is 0.643. The van der Waals surface area contributed by atoms with E-state index < -0.39 is 27.6 Å². The Morgan fingerprint density at radius 3 is 2.46 bits per heavy atom. The molecule has 4 rings (SSSR count). The van der Waals surface area contributed by atoms with Crippen LogP contribution in [0.1, 0.15) is 10.4 Å². The van der Waals surface area contributed by atoms with Crippen molar-refractivity contribution in [2.24, 2.45) is 0 Å². The molecule has 0 atom stereocenters. The summed E-state index contributed by atoms with van der Waals surface area (Å²) in [6.07, 6.45) is 0. The number of rotatable bonds is 3. The molecule has 3 aromatic rings. The number of carbonyl (C=O) groups excluding carboxylic acids is 1. The molecule has 2 heterocycles. The van der Waals surface area contributed by atoms with E-state index in [9.17, 15) is 22.0 Å². The molecule has 0 spiro atoms. The van der Waals surface area contributed by atoms with E-state index in [4.69, 9.17) is 0 Å². The Morgan fingerprint density at radius 1 is 1.00 bits per heavy atom. The first-order chi connectivity index (χ1) is 13.4. The van der Waals surface area contributed by atoms with Crippen LogP contribution in [-0.2, 0) is 10.0 Å². The van der Waals surface area contributed by atoms with Crippen molar-refractivity contribution in [3.05, 3.63) is 53.6 Å². The average molecular weight is 424 g/mol. The lowest BCUT2D eigenvalue weighted by Crippen LogP contribution is -2.50. The van der Waals surface area contributed by atoms with Gasteiger partial charge in [-0.05, 0) is 30.3 Å². The molecular formula is C17H14F2N4O3S2. The van der Waals surface area contributed by atoms with Gasteiger partial charge >= 0.3 is 0 Å². The average Bonchev–Trinajstić information content (AvgIpc) is 3.18. The van der Waals surface area contributed by atoms with Crippen molar-refractivity contribution in [3.63, 3.8) is 0 Å². The van der Waals surface area contributed by atoms with Gasteiger partial charge in [0.25, 0.3) is 5.91 Å². The van der Waals surface area contributed by atoms with E-state index in [1.165, 1.54) is 21.3 Å². The van der Waals surface area contributed by atoms with Crippen molar-refractivity contribution in [2.45, 2.75) is 4.90 Å². The SMILES string of the molecule is O=C(c1ccc(F)c(F)c1)N1CCN(S(=O)(=O)c2cccc3nsnc23)CC1. The number of nitrogens with zero attached hydrogens (tertiary/aromatic N) is 4. The topological polar surface area (TPSA) is 83.5 Å². The number of piperazine rings is 1. The monoisotopic (exact) mass is 424 g/mol. The van der Waals surface area contributed by atoms with Crippen LogP contribution in [0.25, 0.3) is 11.0 Å². The third-order valence-electron chi connectivity index (χ3n) is 4.56. The van der Waals surface area contributed by atoms with Crippen molar-refractivity contribution < 1.29 is 22.0 Å². The van der Waals surface area contributed by atoms with Gasteiger partial charge in [0.05, 0.1) is 11.7 Å². The highest BCUT2D eigenvalue weighted by atomic mass is 32.2. The lowest BCUT2D eigenvalue weighted by atomic mass is 10.1. The maximum atomic E-state index is 13.4. The first kappa shape index (κ1) is 18.8. The Balaban J connectivity index is 1.51. The van der Waals surface area contributed by atoms with Crippen molar-refractivity contribution in [3.8, 4) is 0 Å². The van der Waals surface area contributed by atoms with Crippen LogP contribution in [0.5, 0.6) is 0 Å². The zero-order chi connectivity index (χ0) is 19.9. The molecule has 1 aliphatic heterocycles. The number of aromatic nitrogens is 2. The number of halogens is 2. The van der Waals surface area contributed by atoms with Crippen LogP contribution in [-0.4, -0.2) is 58.5 Å². The second kappa shape index (κ2) is 7.15. The maximum Gasteiger partial charge on any atom is 0.254 e. The molecule has 0 saturated carbocycles. The number of hydrogen-bond donors (Lipinski definition) is 0. The standard InChI is InChI=1S/C17H14F2N4O3S2/c18-12-5-4-11(10-13(12)19)17(24)22-6-8-23(9-7-22)28(25,26)15-3-1-2-14-16(15)21-27-20-14/h1-5,10H,6-9H2. The highest BCUT2D eigenvalue weighted by Gasteiger charge is 2.32. The minimum Gasteiger partial charge on any atom is -0.336 e. The second-order valence-electron chi connectivity index (χ2n) is 6.21. The van der Waals surface area contributed by atoms with E-state index >= 15 is 0 Å². The number of sulfonamides is 1. The number of fused-ring (bicyclic) bond motifs is 1. The second-order valence-corrected chi connectivity index (χ2v) is 8.65. The van der Waals surface area contributed by atoms with Gasteiger partial charge < -0.3 is 4.90 Å². The fraction of sp³-hybridized carbons (Fsp3) is 0.235. The maximum absolute atomic E-state index is 13.4. The molecule has 2 aromatic carbocycles. The lowest BCUT2D eigenvalue weighted by molar-refractivity contribution is 0.0697. The summed E-state index contributed by atoms with van der Waals surface area (Å²) >= 11 is 0.941. The van der Waals surface area contributed by atoms with Gasteiger partial charge in [-0.3, -0.25) is 4.79 Å². The smallest absolute Gasteiger partial charge is 0.254 e. The normalized spacial score (nSPS) is 15.9. The summed E-state index contributed by atoms with van der Waals surface area (Å²) in [6.45, 7) is 0.460. The molecule has 7 nitrogen and oxygen atoms in total. The van der Waals surface area contributed by atoms with Crippen molar-refractivity contribution in [1.29, 1.82) is 0 Å². The molecule has 28 heavy (non-hydrogen) atoms. The van der Waals surface area contributed by atoms with Gasteiger partial charge in [-0.2, -0.15) is 13.1 Å². The number of hydrogen-bond acceptors (Lipinski definition) is 6. The van der Waals surface area contributed by atoms with E-state index in [0.717, 1.165) is 23.9 Å². The lowest BCUT2D eigenvalue weighted by Gasteiger charge is -2.34. The van der Waals surface area contributed by atoms with Gasteiger partial charge in [0.2, 0.25) is 10.0 Å². The van der Waals surface area contributed by atoms with E-state index in [0.29, 0.717) is 11.0 Å². The third kappa shape index (κ3) is 3.25. The van der Waals surface area contributed by atoms with Crippen LogP contribution >= 0.6 is 11.7 Å². The van der Waals surface area contributed by atoms with Gasteiger partial charge in [0.1, 0.15) is 15.9 Å². The first-order valence-corrected chi connectivity index (χ1v) is 10.5. The zero-order valence-corrected chi connectivity index (χ0v) is 16.0. The predicted octanol–water partition coefficient (Wildman–Crippen LogP) is 2.12. The molecule has 1 amide bonds. The number of carbonyl (C=O) groups is 1. The van der Waals surface area contributed by atoms with Gasteiger partial charge in [0.15, 0.2) is 11.6 Å². The van der Waals surface area contributed by atoms with E-state index in [1.807, 2.05) is 0 Å². The number of benzene rings is 2. The summed E-state index contributed by atoms with van der Waals surface area (Å²) in [5, 5.41) is 0. The van der Waals surface area contributed by atoms with Crippen LogP contribution in [0.2, 0.25) is 0 Å².